The van der Waals surface area contributed by atoms with E-state index in [1.807, 2.05) is 30.3 Å². The zero-order valence-electron chi connectivity index (χ0n) is 31.4. The first-order valence-electron chi connectivity index (χ1n) is 19.5. The van der Waals surface area contributed by atoms with Crippen molar-refractivity contribution in [2.24, 2.45) is 0 Å². The summed E-state index contributed by atoms with van der Waals surface area (Å²) in [6.07, 6.45) is 0. The van der Waals surface area contributed by atoms with Crippen LogP contribution in [0.15, 0.2) is 205 Å². The normalized spacial score (nSPS) is 14.5. The van der Waals surface area contributed by atoms with Crippen LogP contribution < -0.4 is 0 Å². The Balaban J connectivity index is 1.13. The summed E-state index contributed by atoms with van der Waals surface area (Å²) in [5.41, 5.74) is 17.0. The molecule has 0 aliphatic heterocycles. The van der Waals surface area contributed by atoms with Crippen molar-refractivity contribution in [2.45, 2.75) is 12.3 Å². The van der Waals surface area contributed by atoms with Gasteiger partial charge in [-0.05, 0) is 99.5 Å². The molecule has 0 saturated heterocycles. The monoisotopic (exact) mass is 728 g/mol. The van der Waals surface area contributed by atoms with E-state index >= 15 is 0 Å². The van der Waals surface area contributed by atoms with Gasteiger partial charge in [0.1, 0.15) is 11.2 Å². The van der Waals surface area contributed by atoms with Gasteiger partial charge in [-0.15, -0.1) is 0 Å². The van der Waals surface area contributed by atoms with Crippen LogP contribution >= 0.6 is 0 Å². The fourth-order valence-electron chi connectivity index (χ4n) is 8.89. The lowest BCUT2D eigenvalue weighted by Gasteiger charge is -2.28. The number of para-hydroxylation sites is 2. The molecule has 2 heterocycles. The van der Waals surface area contributed by atoms with Gasteiger partial charge in [-0.25, -0.2) is 9.97 Å². The highest BCUT2D eigenvalue weighted by Crippen LogP contribution is 2.53. The molecule has 10 aromatic rings. The predicted molar refractivity (Wildman–Crippen MR) is 234 cm³/mol. The molecule has 0 bridgehead atoms. The second-order valence-corrected chi connectivity index (χ2v) is 15.1. The van der Waals surface area contributed by atoms with E-state index in [0.29, 0.717) is 5.82 Å². The number of fused-ring (bicyclic) bond motifs is 6. The molecule has 0 amide bonds. The highest BCUT2D eigenvalue weighted by Gasteiger charge is 2.40. The summed E-state index contributed by atoms with van der Waals surface area (Å²) in [6, 6.07) is 71.2. The lowest BCUT2D eigenvalue weighted by Crippen LogP contribution is -2.22. The second kappa shape index (κ2) is 13.1. The average Bonchev–Trinajstić information content (AvgIpc) is 3.80. The summed E-state index contributed by atoms with van der Waals surface area (Å²) < 4.78 is 6.53. The third-order valence-corrected chi connectivity index (χ3v) is 11.8. The topological polar surface area (TPSA) is 38.9 Å². The van der Waals surface area contributed by atoms with Crippen LogP contribution in [0, 0.1) is 0 Å². The molecule has 11 rings (SSSR count). The van der Waals surface area contributed by atoms with E-state index in [9.17, 15) is 0 Å². The van der Waals surface area contributed by atoms with Crippen LogP contribution in [0.1, 0.15) is 23.6 Å². The molecule has 1 atom stereocenters. The van der Waals surface area contributed by atoms with Crippen LogP contribution in [0.3, 0.4) is 0 Å². The van der Waals surface area contributed by atoms with E-state index in [4.69, 9.17) is 14.4 Å². The summed E-state index contributed by atoms with van der Waals surface area (Å²) in [5.74, 6) is 0.664. The van der Waals surface area contributed by atoms with E-state index in [-0.39, 0.29) is 5.41 Å². The van der Waals surface area contributed by atoms with Crippen LogP contribution in [0.4, 0.5) is 0 Å². The molecule has 0 saturated carbocycles. The minimum absolute atomic E-state index is 0.299. The van der Waals surface area contributed by atoms with E-state index in [1.165, 1.54) is 27.8 Å². The largest absolute Gasteiger partial charge is 0.455 e. The first-order chi connectivity index (χ1) is 28.1. The van der Waals surface area contributed by atoms with Crippen LogP contribution in [0.5, 0.6) is 0 Å². The Hall–Kier alpha value is -7.36. The summed E-state index contributed by atoms with van der Waals surface area (Å²) in [5, 5.41) is 2.16. The number of hydrogen-bond donors (Lipinski definition) is 0. The Morgan fingerprint density at radius 3 is 1.79 bits per heavy atom. The van der Waals surface area contributed by atoms with Crippen molar-refractivity contribution in [3.05, 3.63) is 217 Å². The standard InChI is InChI=1S/C54H36N2O/c1-54(41-20-9-4-10-21-41)47-26-13-11-22-42(47)43-29-28-37(33-48(43)54)39-30-38(35-16-5-2-6-17-35)31-40(32-39)49-34-50(56-53(55-49)36-18-7-3-8-19-36)46-25-15-24-45-44-23-12-14-27-51(44)57-52(45)46/h2-34H,1H3. The van der Waals surface area contributed by atoms with Gasteiger partial charge >= 0.3 is 0 Å². The average molecular weight is 729 g/mol. The number of benzene rings is 8. The third kappa shape index (κ3) is 5.43. The van der Waals surface area contributed by atoms with Gasteiger partial charge in [0.2, 0.25) is 0 Å². The molecule has 1 aliphatic carbocycles. The Morgan fingerprint density at radius 2 is 0.982 bits per heavy atom. The second-order valence-electron chi connectivity index (χ2n) is 15.1. The van der Waals surface area contributed by atoms with Gasteiger partial charge in [-0.2, -0.15) is 0 Å². The molecule has 2 aromatic heterocycles. The third-order valence-electron chi connectivity index (χ3n) is 11.8. The van der Waals surface area contributed by atoms with Crippen molar-refractivity contribution < 1.29 is 4.42 Å². The predicted octanol–water partition coefficient (Wildman–Crippen LogP) is 14.0. The molecule has 57 heavy (non-hydrogen) atoms. The van der Waals surface area contributed by atoms with Crippen LogP contribution in [0.25, 0.3) is 89.2 Å². The van der Waals surface area contributed by atoms with E-state index in [1.54, 1.807) is 0 Å². The molecule has 0 fully saturated rings. The molecular formula is C54H36N2O. The van der Waals surface area contributed by atoms with Crippen molar-refractivity contribution in [2.75, 3.05) is 0 Å². The molecule has 0 N–H and O–H groups in total. The molecule has 3 heteroatoms. The quantitative estimate of drug-likeness (QED) is 0.171. The van der Waals surface area contributed by atoms with E-state index < -0.39 is 0 Å². The van der Waals surface area contributed by atoms with Crippen LogP contribution in [0.2, 0.25) is 0 Å². The Morgan fingerprint density at radius 1 is 0.386 bits per heavy atom. The van der Waals surface area contributed by atoms with Crippen molar-refractivity contribution in [3.8, 4) is 67.3 Å². The summed E-state index contributed by atoms with van der Waals surface area (Å²) in [7, 11) is 0. The molecule has 1 aliphatic rings. The fraction of sp³-hybridized carbons (Fsp3) is 0.0370. The zero-order chi connectivity index (χ0) is 37.9. The molecule has 0 radical (unpaired) electrons. The maximum absolute atomic E-state index is 6.53. The van der Waals surface area contributed by atoms with Gasteiger partial charge in [0.05, 0.1) is 11.4 Å². The van der Waals surface area contributed by atoms with Gasteiger partial charge in [0, 0.05) is 32.9 Å². The molecule has 3 nitrogen and oxygen atoms in total. The molecule has 268 valence electrons. The SMILES string of the molecule is CC1(c2ccccc2)c2ccccc2-c2ccc(-c3cc(-c4ccccc4)cc(-c4cc(-c5cccc6c5oc5ccccc56)nc(-c5ccccc5)n4)c3)cc21. The molecule has 0 spiro atoms. The maximum atomic E-state index is 6.53. The van der Waals surface area contributed by atoms with E-state index in [2.05, 4.69) is 177 Å². The van der Waals surface area contributed by atoms with Crippen molar-refractivity contribution >= 4 is 21.9 Å². The maximum Gasteiger partial charge on any atom is 0.160 e. The summed E-state index contributed by atoms with van der Waals surface area (Å²) in [6.45, 7) is 2.37. The Labute approximate surface area is 331 Å². The number of aromatic nitrogens is 2. The lowest BCUT2D eigenvalue weighted by molar-refractivity contribution is 0.670. The van der Waals surface area contributed by atoms with Gasteiger partial charge in [-0.3, -0.25) is 0 Å². The summed E-state index contributed by atoms with van der Waals surface area (Å²) >= 11 is 0. The number of rotatable bonds is 6. The molecule has 1 unspecified atom stereocenters. The van der Waals surface area contributed by atoms with Crippen LogP contribution in [-0.2, 0) is 5.41 Å². The minimum Gasteiger partial charge on any atom is -0.455 e. The Kier molecular flexibility index (Phi) is 7.61. The first-order valence-corrected chi connectivity index (χ1v) is 19.5. The highest BCUT2D eigenvalue weighted by atomic mass is 16.3. The summed E-state index contributed by atoms with van der Waals surface area (Å²) in [4.78, 5) is 10.5. The number of furan rings is 1. The van der Waals surface area contributed by atoms with Gasteiger partial charge < -0.3 is 4.42 Å². The molecular weight excluding hydrogens is 693 g/mol. The zero-order valence-corrected chi connectivity index (χ0v) is 31.4. The van der Waals surface area contributed by atoms with E-state index in [0.717, 1.165) is 72.3 Å². The first kappa shape index (κ1) is 33.0. The van der Waals surface area contributed by atoms with Crippen molar-refractivity contribution in [3.63, 3.8) is 0 Å². The van der Waals surface area contributed by atoms with Crippen molar-refractivity contribution in [1.82, 2.24) is 9.97 Å². The fourth-order valence-corrected chi connectivity index (χ4v) is 8.89. The smallest absolute Gasteiger partial charge is 0.160 e. The van der Waals surface area contributed by atoms with Gasteiger partial charge in [0.25, 0.3) is 0 Å². The Bertz CT molecular complexity index is 3130. The van der Waals surface area contributed by atoms with Crippen molar-refractivity contribution in [1.29, 1.82) is 0 Å². The number of nitrogens with zero attached hydrogens (tertiary/aromatic N) is 2. The highest BCUT2D eigenvalue weighted by molar-refractivity contribution is 6.09. The number of hydrogen-bond acceptors (Lipinski definition) is 3. The lowest BCUT2D eigenvalue weighted by atomic mass is 9.74. The van der Waals surface area contributed by atoms with Gasteiger partial charge in [-0.1, -0.05) is 158 Å². The van der Waals surface area contributed by atoms with Gasteiger partial charge in [0.15, 0.2) is 5.82 Å². The minimum atomic E-state index is -0.299. The van der Waals surface area contributed by atoms with Crippen LogP contribution in [-0.4, -0.2) is 9.97 Å². The molecule has 8 aromatic carbocycles.